The second-order valence-corrected chi connectivity index (χ2v) is 3.94. The molecular weight excluding hydrogens is 194 g/mol. The lowest BCUT2D eigenvalue weighted by Gasteiger charge is -2.14. The van der Waals surface area contributed by atoms with E-state index in [9.17, 15) is 0 Å². The fourth-order valence-electron chi connectivity index (χ4n) is 1.41. The summed E-state index contributed by atoms with van der Waals surface area (Å²) in [6, 6.07) is 1.77. The van der Waals surface area contributed by atoms with Crippen LogP contribution in [-0.4, -0.2) is 34.3 Å². The maximum absolute atomic E-state index is 9.16. The van der Waals surface area contributed by atoms with Gasteiger partial charge in [-0.25, -0.2) is 4.98 Å². The highest BCUT2D eigenvalue weighted by atomic mass is 16.5. The molecule has 2 rings (SSSR count). The SMILES string of the molecule is COc1cc(C)nc(NC2(CO)CC2)n1. The van der Waals surface area contributed by atoms with Crippen molar-refractivity contribution >= 4 is 5.95 Å². The number of hydrogen-bond acceptors (Lipinski definition) is 5. The molecular formula is C10H15N3O2. The summed E-state index contributed by atoms with van der Waals surface area (Å²) in [5, 5.41) is 12.3. The van der Waals surface area contributed by atoms with Gasteiger partial charge in [0.15, 0.2) is 0 Å². The number of aryl methyl sites for hydroxylation is 1. The monoisotopic (exact) mass is 209 g/mol. The molecule has 15 heavy (non-hydrogen) atoms. The second-order valence-electron chi connectivity index (χ2n) is 3.94. The van der Waals surface area contributed by atoms with Crippen LogP contribution in [0.5, 0.6) is 5.88 Å². The van der Waals surface area contributed by atoms with Crippen molar-refractivity contribution < 1.29 is 9.84 Å². The molecule has 1 saturated carbocycles. The Morgan fingerprint density at radius 2 is 2.27 bits per heavy atom. The van der Waals surface area contributed by atoms with Crippen LogP contribution in [0.25, 0.3) is 0 Å². The van der Waals surface area contributed by atoms with Crippen LogP contribution in [0.2, 0.25) is 0 Å². The van der Waals surface area contributed by atoms with Crippen molar-refractivity contribution in [3.05, 3.63) is 11.8 Å². The number of aliphatic hydroxyl groups is 1. The van der Waals surface area contributed by atoms with Crippen molar-refractivity contribution in [1.29, 1.82) is 0 Å². The number of hydrogen-bond donors (Lipinski definition) is 2. The van der Waals surface area contributed by atoms with Crippen LogP contribution in [0.1, 0.15) is 18.5 Å². The Morgan fingerprint density at radius 3 is 2.80 bits per heavy atom. The van der Waals surface area contributed by atoms with Crippen molar-refractivity contribution in [3.63, 3.8) is 0 Å². The maximum atomic E-state index is 9.16. The van der Waals surface area contributed by atoms with E-state index in [0.717, 1.165) is 18.5 Å². The van der Waals surface area contributed by atoms with Gasteiger partial charge < -0.3 is 15.2 Å². The van der Waals surface area contributed by atoms with E-state index in [2.05, 4.69) is 15.3 Å². The highest BCUT2D eigenvalue weighted by Crippen LogP contribution is 2.37. The van der Waals surface area contributed by atoms with Crippen molar-refractivity contribution in [1.82, 2.24) is 9.97 Å². The Kier molecular flexibility index (Phi) is 2.48. The summed E-state index contributed by atoms with van der Waals surface area (Å²) in [5.74, 6) is 1.07. The zero-order valence-corrected chi connectivity index (χ0v) is 8.95. The standard InChI is InChI=1S/C10H15N3O2/c1-7-5-8(15-2)12-9(11-7)13-10(6-14)3-4-10/h5,14H,3-4,6H2,1-2H3,(H,11,12,13). The molecule has 0 bridgehead atoms. The molecule has 5 nitrogen and oxygen atoms in total. The normalized spacial score (nSPS) is 17.3. The molecule has 82 valence electrons. The number of aromatic nitrogens is 2. The summed E-state index contributed by atoms with van der Waals surface area (Å²) in [5.41, 5.74) is 0.650. The van der Waals surface area contributed by atoms with Gasteiger partial charge in [0.05, 0.1) is 19.3 Å². The van der Waals surface area contributed by atoms with Gasteiger partial charge in [0.2, 0.25) is 11.8 Å². The number of ether oxygens (including phenoxy) is 1. The van der Waals surface area contributed by atoms with Gasteiger partial charge in [-0.15, -0.1) is 0 Å². The molecule has 1 heterocycles. The number of nitrogens with one attached hydrogen (secondary N) is 1. The molecule has 0 spiro atoms. The smallest absolute Gasteiger partial charge is 0.226 e. The van der Waals surface area contributed by atoms with Crippen molar-refractivity contribution in [2.75, 3.05) is 19.0 Å². The van der Waals surface area contributed by atoms with E-state index in [0.29, 0.717) is 11.8 Å². The third-order valence-electron chi connectivity index (χ3n) is 2.57. The average molecular weight is 209 g/mol. The van der Waals surface area contributed by atoms with E-state index < -0.39 is 0 Å². The Balaban J connectivity index is 2.17. The number of methoxy groups -OCH3 is 1. The molecule has 1 aliphatic rings. The zero-order chi connectivity index (χ0) is 10.9. The quantitative estimate of drug-likeness (QED) is 0.765. The molecule has 0 aromatic carbocycles. The predicted octanol–water partition coefficient (Wildman–Crippen LogP) is 0.730. The molecule has 0 atom stereocenters. The lowest BCUT2D eigenvalue weighted by Crippen LogP contribution is -2.26. The molecule has 1 fully saturated rings. The van der Waals surface area contributed by atoms with Gasteiger partial charge in [-0.05, 0) is 19.8 Å². The first-order valence-electron chi connectivity index (χ1n) is 4.96. The fourth-order valence-corrected chi connectivity index (χ4v) is 1.41. The van der Waals surface area contributed by atoms with E-state index in [1.807, 2.05) is 6.92 Å². The van der Waals surface area contributed by atoms with E-state index in [-0.39, 0.29) is 12.1 Å². The van der Waals surface area contributed by atoms with E-state index in [1.54, 1.807) is 13.2 Å². The molecule has 0 unspecified atom stereocenters. The first kappa shape index (κ1) is 10.2. The van der Waals surface area contributed by atoms with E-state index in [4.69, 9.17) is 9.84 Å². The lowest BCUT2D eigenvalue weighted by atomic mass is 10.3. The minimum absolute atomic E-state index is 0.118. The van der Waals surface area contributed by atoms with Crippen LogP contribution in [0, 0.1) is 6.92 Å². The molecule has 0 amide bonds. The zero-order valence-electron chi connectivity index (χ0n) is 8.95. The number of rotatable bonds is 4. The van der Waals surface area contributed by atoms with Gasteiger partial charge in [-0.2, -0.15) is 4.98 Å². The molecule has 0 saturated heterocycles. The van der Waals surface area contributed by atoms with Crippen LogP contribution >= 0.6 is 0 Å². The highest BCUT2D eigenvalue weighted by Gasteiger charge is 2.42. The van der Waals surface area contributed by atoms with Crippen LogP contribution in [-0.2, 0) is 0 Å². The Bertz CT molecular complexity index is 364. The van der Waals surface area contributed by atoms with E-state index >= 15 is 0 Å². The Morgan fingerprint density at radius 1 is 1.53 bits per heavy atom. The van der Waals surface area contributed by atoms with Crippen LogP contribution in [0.4, 0.5) is 5.95 Å². The molecule has 0 aliphatic heterocycles. The second kappa shape index (κ2) is 3.66. The minimum Gasteiger partial charge on any atom is -0.481 e. The molecule has 0 radical (unpaired) electrons. The number of anilines is 1. The number of nitrogens with zero attached hydrogens (tertiary/aromatic N) is 2. The topological polar surface area (TPSA) is 67.3 Å². The molecule has 1 aliphatic carbocycles. The van der Waals surface area contributed by atoms with Gasteiger partial charge in [0.1, 0.15) is 0 Å². The largest absolute Gasteiger partial charge is 0.481 e. The van der Waals surface area contributed by atoms with Crippen LogP contribution in [0.15, 0.2) is 6.07 Å². The minimum atomic E-state index is -0.196. The van der Waals surface area contributed by atoms with Crippen molar-refractivity contribution in [3.8, 4) is 5.88 Å². The third-order valence-corrected chi connectivity index (χ3v) is 2.57. The molecule has 2 N–H and O–H groups in total. The molecule has 1 aromatic heterocycles. The fraction of sp³-hybridized carbons (Fsp3) is 0.600. The Hall–Kier alpha value is -1.36. The lowest BCUT2D eigenvalue weighted by molar-refractivity contribution is 0.265. The first-order valence-corrected chi connectivity index (χ1v) is 4.96. The first-order chi connectivity index (χ1) is 7.17. The summed E-state index contributed by atoms with van der Waals surface area (Å²) in [7, 11) is 1.57. The van der Waals surface area contributed by atoms with Crippen molar-refractivity contribution in [2.45, 2.75) is 25.3 Å². The van der Waals surface area contributed by atoms with Crippen LogP contribution < -0.4 is 10.1 Å². The van der Waals surface area contributed by atoms with Crippen LogP contribution in [0.3, 0.4) is 0 Å². The Labute approximate surface area is 88.5 Å². The summed E-state index contributed by atoms with van der Waals surface area (Å²) < 4.78 is 5.05. The van der Waals surface area contributed by atoms with Gasteiger partial charge in [-0.1, -0.05) is 0 Å². The third kappa shape index (κ3) is 2.18. The maximum Gasteiger partial charge on any atom is 0.226 e. The van der Waals surface area contributed by atoms with Crippen molar-refractivity contribution in [2.24, 2.45) is 0 Å². The summed E-state index contributed by atoms with van der Waals surface area (Å²) >= 11 is 0. The predicted molar refractivity (Wildman–Crippen MR) is 56.0 cm³/mol. The highest BCUT2D eigenvalue weighted by molar-refractivity contribution is 5.36. The summed E-state index contributed by atoms with van der Waals surface area (Å²) in [6.07, 6.45) is 1.92. The van der Waals surface area contributed by atoms with Gasteiger partial charge in [0, 0.05) is 11.8 Å². The summed E-state index contributed by atoms with van der Waals surface area (Å²) in [4.78, 5) is 8.41. The molecule has 1 aromatic rings. The average Bonchev–Trinajstić information content (AvgIpc) is 2.97. The summed E-state index contributed by atoms with van der Waals surface area (Å²) in [6.45, 7) is 2.00. The van der Waals surface area contributed by atoms with Gasteiger partial charge >= 0.3 is 0 Å². The van der Waals surface area contributed by atoms with E-state index in [1.165, 1.54) is 0 Å². The van der Waals surface area contributed by atoms with Gasteiger partial charge in [0.25, 0.3) is 0 Å². The number of aliphatic hydroxyl groups excluding tert-OH is 1. The molecule has 5 heteroatoms. The van der Waals surface area contributed by atoms with Gasteiger partial charge in [-0.3, -0.25) is 0 Å².